The van der Waals surface area contributed by atoms with E-state index in [1.165, 1.54) is 26.4 Å². The highest BCUT2D eigenvalue weighted by Crippen LogP contribution is 2.31. The van der Waals surface area contributed by atoms with Crippen molar-refractivity contribution < 1.29 is 18.4 Å². The molecule has 2 heterocycles. The lowest BCUT2D eigenvalue weighted by Gasteiger charge is -1.98. The number of ether oxygens (including phenoxy) is 1. The number of carbonyl (C=O) groups is 1. The van der Waals surface area contributed by atoms with Crippen LogP contribution in [0.2, 0.25) is 0 Å². The van der Waals surface area contributed by atoms with Crippen molar-refractivity contribution in [2.75, 3.05) is 7.11 Å². The summed E-state index contributed by atoms with van der Waals surface area (Å²) in [6, 6.07) is 9.35. The van der Waals surface area contributed by atoms with Gasteiger partial charge in [-0.2, -0.15) is 4.98 Å². The minimum Gasteiger partial charge on any atom is -0.464 e. The van der Waals surface area contributed by atoms with Gasteiger partial charge in [-0.05, 0) is 13.3 Å². The highest BCUT2D eigenvalue weighted by atomic mass is 16.5. The van der Waals surface area contributed by atoms with Gasteiger partial charge in [-0.15, -0.1) is 0 Å². The quantitative estimate of drug-likeness (QED) is 0.354. The fraction of sp³-hybridized carbons (Fsp3) is 0.409. The van der Waals surface area contributed by atoms with Gasteiger partial charge in [-0.25, -0.2) is 9.78 Å². The molecule has 0 saturated carbocycles. The molecule has 28 heavy (non-hydrogen) atoms. The molecule has 0 spiro atoms. The van der Waals surface area contributed by atoms with E-state index in [2.05, 4.69) is 16.9 Å². The number of benzene rings is 1. The molecular formula is C22H26N2O4. The van der Waals surface area contributed by atoms with E-state index in [9.17, 15) is 4.79 Å². The largest absolute Gasteiger partial charge is 0.464 e. The first-order chi connectivity index (χ1) is 13.6. The summed E-state index contributed by atoms with van der Waals surface area (Å²) in [6.45, 7) is 4.03. The molecule has 0 N–H and O–H groups in total. The molecular weight excluding hydrogens is 356 g/mol. The van der Waals surface area contributed by atoms with E-state index in [1.807, 2.05) is 37.3 Å². The first kappa shape index (κ1) is 19.9. The second-order valence-corrected chi connectivity index (χ2v) is 6.73. The third-order valence-corrected chi connectivity index (χ3v) is 4.58. The van der Waals surface area contributed by atoms with Crippen molar-refractivity contribution in [3.8, 4) is 22.9 Å². The van der Waals surface area contributed by atoms with Crippen LogP contribution in [0.5, 0.6) is 0 Å². The number of carbonyl (C=O) groups excluding carboxylic acids is 1. The molecule has 6 nitrogen and oxygen atoms in total. The number of hydrogen-bond donors (Lipinski definition) is 0. The lowest BCUT2D eigenvalue weighted by atomic mass is 10.1. The monoisotopic (exact) mass is 382 g/mol. The van der Waals surface area contributed by atoms with Crippen molar-refractivity contribution in [2.45, 2.75) is 52.4 Å². The van der Waals surface area contributed by atoms with E-state index in [1.54, 1.807) is 0 Å². The fourth-order valence-corrected chi connectivity index (χ4v) is 3.08. The topological polar surface area (TPSA) is 78.4 Å². The summed E-state index contributed by atoms with van der Waals surface area (Å²) in [5, 5.41) is 0. The zero-order valence-electron chi connectivity index (χ0n) is 16.7. The van der Waals surface area contributed by atoms with Gasteiger partial charge in [0.25, 0.3) is 0 Å². The first-order valence-electron chi connectivity index (χ1n) is 9.75. The van der Waals surface area contributed by atoms with Crippen LogP contribution >= 0.6 is 0 Å². The predicted octanol–water partition coefficient (Wildman–Crippen LogP) is 5.60. The zero-order valence-corrected chi connectivity index (χ0v) is 16.7. The first-order valence-corrected chi connectivity index (χ1v) is 9.75. The van der Waals surface area contributed by atoms with E-state index in [0.29, 0.717) is 23.1 Å². The normalized spacial score (nSPS) is 11.0. The van der Waals surface area contributed by atoms with Gasteiger partial charge in [0.1, 0.15) is 5.76 Å². The number of methoxy groups -OCH3 is 1. The molecule has 0 amide bonds. The van der Waals surface area contributed by atoms with Gasteiger partial charge >= 0.3 is 5.97 Å². The molecule has 0 bridgehead atoms. The van der Waals surface area contributed by atoms with Crippen LogP contribution in [0.25, 0.3) is 22.9 Å². The van der Waals surface area contributed by atoms with Crippen molar-refractivity contribution in [2.24, 2.45) is 0 Å². The second-order valence-electron chi connectivity index (χ2n) is 6.73. The van der Waals surface area contributed by atoms with Crippen LogP contribution in [-0.4, -0.2) is 23.0 Å². The molecule has 0 aliphatic heterocycles. The van der Waals surface area contributed by atoms with Gasteiger partial charge in [0.05, 0.1) is 7.11 Å². The second kappa shape index (κ2) is 9.35. The van der Waals surface area contributed by atoms with Crippen LogP contribution in [0, 0.1) is 6.92 Å². The molecule has 3 aromatic rings. The van der Waals surface area contributed by atoms with Crippen molar-refractivity contribution in [1.82, 2.24) is 9.97 Å². The SMILES string of the molecule is CCCCCCCc1nc(-c2nc(C(=O)OC)c(-c3ccccc3)o2)c(C)o1. The van der Waals surface area contributed by atoms with E-state index in [4.69, 9.17) is 13.6 Å². The smallest absolute Gasteiger partial charge is 0.360 e. The van der Waals surface area contributed by atoms with Crippen LogP contribution < -0.4 is 0 Å². The summed E-state index contributed by atoms with van der Waals surface area (Å²) in [5.74, 6) is 1.37. The van der Waals surface area contributed by atoms with Crippen LogP contribution in [0.3, 0.4) is 0 Å². The number of aromatic nitrogens is 2. The van der Waals surface area contributed by atoms with Crippen molar-refractivity contribution >= 4 is 5.97 Å². The maximum atomic E-state index is 12.2. The Labute approximate surface area is 164 Å². The maximum absolute atomic E-state index is 12.2. The molecule has 0 radical (unpaired) electrons. The third kappa shape index (κ3) is 4.50. The Kier molecular flexibility index (Phi) is 6.63. The van der Waals surface area contributed by atoms with Crippen molar-refractivity contribution in [1.29, 1.82) is 0 Å². The lowest BCUT2D eigenvalue weighted by Crippen LogP contribution is -2.03. The summed E-state index contributed by atoms with van der Waals surface area (Å²) < 4.78 is 16.6. The van der Waals surface area contributed by atoms with E-state index >= 15 is 0 Å². The van der Waals surface area contributed by atoms with Gasteiger partial charge < -0.3 is 13.6 Å². The van der Waals surface area contributed by atoms with Gasteiger partial charge in [-0.1, -0.05) is 62.9 Å². The molecule has 148 valence electrons. The summed E-state index contributed by atoms with van der Waals surface area (Å²) in [5.41, 5.74) is 1.40. The van der Waals surface area contributed by atoms with Crippen LogP contribution in [0.1, 0.15) is 61.2 Å². The van der Waals surface area contributed by atoms with Gasteiger partial charge in [0.15, 0.2) is 23.0 Å². The average Bonchev–Trinajstić information content (AvgIpc) is 3.31. The van der Waals surface area contributed by atoms with Gasteiger partial charge in [-0.3, -0.25) is 0 Å². The standard InChI is InChI=1S/C22H26N2O4/c1-4-5-6-7-11-14-17-23-18(15(2)27-17)21-24-19(22(25)26-3)20(28-21)16-12-9-8-10-13-16/h8-10,12-13H,4-7,11,14H2,1-3H3. The lowest BCUT2D eigenvalue weighted by molar-refractivity contribution is 0.0595. The Balaban J connectivity index is 1.85. The fourth-order valence-electron chi connectivity index (χ4n) is 3.08. The molecule has 0 aliphatic carbocycles. The van der Waals surface area contributed by atoms with Gasteiger partial charge in [0, 0.05) is 12.0 Å². The summed E-state index contributed by atoms with van der Waals surface area (Å²) in [7, 11) is 1.32. The maximum Gasteiger partial charge on any atom is 0.360 e. The highest BCUT2D eigenvalue weighted by molar-refractivity contribution is 5.94. The number of hydrogen-bond acceptors (Lipinski definition) is 6. The minimum absolute atomic E-state index is 0.132. The number of esters is 1. The Bertz CT molecular complexity index is 912. The Hall–Kier alpha value is -2.89. The molecule has 0 fully saturated rings. The number of nitrogens with zero attached hydrogens (tertiary/aromatic N) is 2. The molecule has 6 heteroatoms. The number of unbranched alkanes of at least 4 members (excludes halogenated alkanes) is 4. The van der Waals surface area contributed by atoms with E-state index < -0.39 is 5.97 Å². The summed E-state index contributed by atoms with van der Waals surface area (Å²) in [6.07, 6.45) is 6.68. The number of rotatable bonds is 9. The highest BCUT2D eigenvalue weighted by Gasteiger charge is 2.25. The summed E-state index contributed by atoms with van der Waals surface area (Å²) in [4.78, 5) is 21.1. The Morgan fingerprint density at radius 1 is 1.04 bits per heavy atom. The van der Waals surface area contributed by atoms with Crippen LogP contribution in [-0.2, 0) is 11.2 Å². The number of aryl methyl sites for hydroxylation is 2. The molecule has 3 rings (SSSR count). The zero-order chi connectivity index (χ0) is 19.9. The van der Waals surface area contributed by atoms with E-state index in [0.717, 1.165) is 24.8 Å². The average molecular weight is 382 g/mol. The van der Waals surface area contributed by atoms with Gasteiger partial charge in [0.2, 0.25) is 5.89 Å². The Morgan fingerprint density at radius 3 is 2.50 bits per heavy atom. The number of oxazole rings is 2. The van der Waals surface area contributed by atoms with Crippen molar-refractivity contribution in [3.63, 3.8) is 0 Å². The molecule has 0 saturated heterocycles. The molecule has 0 unspecified atom stereocenters. The van der Waals surface area contributed by atoms with Crippen molar-refractivity contribution in [3.05, 3.63) is 47.7 Å². The summed E-state index contributed by atoms with van der Waals surface area (Å²) >= 11 is 0. The van der Waals surface area contributed by atoms with Crippen LogP contribution in [0.4, 0.5) is 0 Å². The third-order valence-electron chi connectivity index (χ3n) is 4.58. The molecule has 0 aliphatic rings. The Morgan fingerprint density at radius 2 is 1.79 bits per heavy atom. The molecule has 1 aromatic carbocycles. The van der Waals surface area contributed by atoms with Crippen LogP contribution in [0.15, 0.2) is 39.2 Å². The minimum atomic E-state index is -0.550. The predicted molar refractivity (Wildman–Crippen MR) is 106 cm³/mol. The molecule has 2 aromatic heterocycles. The molecule has 0 atom stereocenters. The van der Waals surface area contributed by atoms with E-state index in [-0.39, 0.29) is 11.6 Å².